The molecule has 5 heteroatoms. The number of hydrogen-bond acceptors (Lipinski definition) is 3. The molecule has 98 valence electrons. The zero-order valence-corrected chi connectivity index (χ0v) is 10.7. The molecule has 1 amide bonds. The average Bonchev–Trinajstić information content (AvgIpc) is 2.38. The fraction of sp³-hybridized carbons (Fsp3) is 0.833. The van der Waals surface area contributed by atoms with Gasteiger partial charge in [0.2, 0.25) is 5.91 Å². The summed E-state index contributed by atoms with van der Waals surface area (Å²) in [6, 6.07) is 0.329. The summed E-state index contributed by atoms with van der Waals surface area (Å²) in [5.74, 6) is -0.583. The van der Waals surface area contributed by atoms with Gasteiger partial charge in [-0.25, -0.2) is 0 Å². The first-order valence-electron chi connectivity index (χ1n) is 6.39. The van der Waals surface area contributed by atoms with E-state index < -0.39 is 5.92 Å². The van der Waals surface area contributed by atoms with Crippen LogP contribution >= 0.6 is 0 Å². The lowest BCUT2D eigenvalue weighted by molar-refractivity contribution is -0.135. The molecule has 3 N–H and O–H groups in total. The Labute approximate surface area is 103 Å². The quantitative estimate of drug-likeness (QED) is 0.339. The maximum atomic E-state index is 12.2. The first kappa shape index (κ1) is 13.8. The molecule has 1 saturated carbocycles. The molecule has 0 saturated heterocycles. The molecule has 0 aromatic rings. The number of carbonyl (C=O) groups is 1. The second-order valence-corrected chi connectivity index (χ2v) is 4.66. The van der Waals surface area contributed by atoms with Crippen LogP contribution in [-0.2, 0) is 4.79 Å². The Morgan fingerprint density at radius 2 is 2.06 bits per heavy atom. The minimum absolute atomic E-state index is 0.00994. The van der Waals surface area contributed by atoms with Crippen molar-refractivity contribution in [2.45, 2.75) is 52.0 Å². The SMILES string of the molecule is CCN(C(=O)C(C)C(N)=NO)C1CCCCC1. The van der Waals surface area contributed by atoms with Gasteiger partial charge in [-0.1, -0.05) is 24.4 Å². The molecule has 1 rings (SSSR count). The van der Waals surface area contributed by atoms with Gasteiger partial charge >= 0.3 is 0 Å². The van der Waals surface area contributed by atoms with E-state index in [9.17, 15) is 4.79 Å². The number of amidine groups is 1. The van der Waals surface area contributed by atoms with Crippen molar-refractivity contribution in [1.82, 2.24) is 4.90 Å². The standard InChI is InChI=1S/C12H23N3O2/c1-3-15(10-7-5-4-6-8-10)12(16)9(2)11(13)14-17/h9-10,17H,3-8H2,1-2H3,(H2,13,14). The van der Waals surface area contributed by atoms with Crippen molar-refractivity contribution in [2.75, 3.05) is 6.54 Å². The molecule has 1 atom stereocenters. The molecule has 0 radical (unpaired) electrons. The van der Waals surface area contributed by atoms with Gasteiger partial charge in [0.05, 0.1) is 5.92 Å². The molecule has 0 spiro atoms. The van der Waals surface area contributed by atoms with Crippen molar-refractivity contribution in [2.24, 2.45) is 16.8 Å². The van der Waals surface area contributed by atoms with E-state index in [0.717, 1.165) is 12.8 Å². The van der Waals surface area contributed by atoms with Gasteiger partial charge in [0.25, 0.3) is 0 Å². The minimum atomic E-state index is -0.540. The van der Waals surface area contributed by atoms with Crippen molar-refractivity contribution >= 4 is 11.7 Å². The molecular weight excluding hydrogens is 218 g/mol. The topological polar surface area (TPSA) is 78.9 Å². The second-order valence-electron chi connectivity index (χ2n) is 4.66. The van der Waals surface area contributed by atoms with Crippen LogP contribution in [0.4, 0.5) is 0 Å². The zero-order chi connectivity index (χ0) is 12.8. The van der Waals surface area contributed by atoms with Crippen LogP contribution in [0, 0.1) is 5.92 Å². The van der Waals surface area contributed by atoms with Crippen molar-refractivity contribution in [3.63, 3.8) is 0 Å². The third-order valence-corrected chi connectivity index (χ3v) is 3.57. The highest BCUT2D eigenvalue weighted by atomic mass is 16.4. The minimum Gasteiger partial charge on any atom is -0.409 e. The van der Waals surface area contributed by atoms with E-state index in [-0.39, 0.29) is 11.7 Å². The summed E-state index contributed by atoms with van der Waals surface area (Å²) in [6.07, 6.45) is 5.78. The Balaban J connectivity index is 2.68. The van der Waals surface area contributed by atoms with Crippen LogP contribution in [0.25, 0.3) is 0 Å². The number of nitrogens with two attached hydrogens (primary N) is 1. The third-order valence-electron chi connectivity index (χ3n) is 3.57. The lowest BCUT2D eigenvalue weighted by Crippen LogP contribution is -2.46. The molecule has 1 aliphatic rings. The number of nitrogens with zero attached hydrogens (tertiary/aromatic N) is 2. The Morgan fingerprint density at radius 1 is 1.47 bits per heavy atom. The van der Waals surface area contributed by atoms with Crippen LogP contribution < -0.4 is 5.73 Å². The molecule has 0 aliphatic heterocycles. The van der Waals surface area contributed by atoms with Crippen LogP contribution in [0.1, 0.15) is 46.0 Å². The van der Waals surface area contributed by atoms with E-state index in [4.69, 9.17) is 10.9 Å². The summed E-state index contributed by atoms with van der Waals surface area (Å²) in [5.41, 5.74) is 5.49. The normalized spacial score (nSPS) is 20.0. The van der Waals surface area contributed by atoms with Crippen molar-refractivity contribution in [3.05, 3.63) is 0 Å². The van der Waals surface area contributed by atoms with Gasteiger partial charge < -0.3 is 15.8 Å². The number of hydrogen-bond donors (Lipinski definition) is 2. The predicted molar refractivity (Wildman–Crippen MR) is 66.8 cm³/mol. The Kier molecular flexibility index (Phi) is 5.25. The van der Waals surface area contributed by atoms with Crippen molar-refractivity contribution in [1.29, 1.82) is 0 Å². The van der Waals surface area contributed by atoms with Gasteiger partial charge in [-0.05, 0) is 26.7 Å². The molecule has 0 aromatic heterocycles. The summed E-state index contributed by atoms with van der Waals surface area (Å²) in [7, 11) is 0. The maximum absolute atomic E-state index is 12.2. The molecule has 0 heterocycles. The molecular formula is C12H23N3O2. The van der Waals surface area contributed by atoms with Crippen LogP contribution in [-0.4, -0.2) is 34.4 Å². The van der Waals surface area contributed by atoms with Gasteiger partial charge in [0.15, 0.2) is 5.84 Å². The number of carbonyl (C=O) groups excluding carboxylic acids is 1. The predicted octanol–water partition coefficient (Wildman–Crippen LogP) is 1.55. The van der Waals surface area contributed by atoms with Gasteiger partial charge in [-0.2, -0.15) is 0 Å². The Morgan fingerprint density at radius 3 is 2.53 bits per heavy atom. The number of oxime groups is 1. The molecule has 5 nitrogen and oxygen atoms in total. The van der Waals surface area contributed by atoms with Gasteiger partial charge in [0, 0.05) is 12.6 Å². The zero-order valence-electron chi connectivity index (χ0n) is 10.7. The Hall–Kier alpha value is -1.26. The molecule has 0 aromatic carbocycles. The van der Waals surface area contributed by atoms with E-state index in [2.05, 4.69) is 5.16 Å². The number of rotatable bonds is 4. The fourth-order valence-corrected chi connectivity index (χ4v) is 2.45. The summed E-state index contributed by atoms with van der Waals surface area (Å²) in [4.78, 5) is 14.1. The number of amides is 1. The maximum Gasteiger partial charge on any atom is 0.233 e. The third kappa shape index (κ3) is 3.35. The van der Waals surface area contributed by atoms with Crippen LogP contribution in [0.2, 0.25) is 0 Å². The first-order chi connectivity index (χ1) is 8.11. The summed E-state index contributed by atoms with van der Waals surface area (Å²) >= 11 is 0. The van der Waals surface area contributed by atoms with E-state index >= 15 is 0 Å². The van der Waals surface area contributed by atoms with E-state index in [1.165, 1.54) is 19.3 Å². The second kappa shape index (κ2) is 6.47. The summed E-state index contributed by atoms with van der Waals surface area (Å²) < 4.78 is 0. The van der Waals surface area contributed by atoms with E-state index in [1.54, 1.807) is 6.92 Å². The molecule has 1 fully saturated rings. The Bertz CT molecular complexity index is 285. The van der Waals surface area contributed by atoms with Crippen LogP contribution in [0.3, 0.4) is 0 Å². The first-order valence-corrected chi connectivity index (χ1v) is 6.39. The molecule has 17 heavy (non-hydrogen) atoms. The van der Waals surface area contributed by atoms with Crippen LogP contribution in [0.15, 0.2) is 5.16 Å². The monoisotopic (exact) mass is 241 g/mol. The highest BCUT2D eigenvalue weighted by Gasteiger charge is 2.29. The van der Waals surface area contributed by atoms with Gasteiger partial charge in [-0.15, -0.1) is 0 Å². The molecule has 0 bridgehead atoms. The smallest absolute Gasteiger partial charge is 0.233 e. The summed E-state index contributed by atoms with van der Waals surface area (Å²) in [6.45, 7) is 4.35. The average molecular weight is 241 g/mol. The van der Waals surface area contributed by atoms with E-state index in [1.807, 2.05) is 11.8 Å². The molecule has 1 aliphatic carbocycles. The van der Waals surface area contributed by atoms with Crippen LogP contribution in [0.5, 0.6) is 0 Å². The van der Waals surface area contributed by atoms with Gasteiger partial charge in [0.1, 0.15) is 0 Å². The van der Waals surface area contributed by atoms with Crippen molar-refractivity contribution < 1.29 is 10.0 Å². The lowest BCUT2D eigenvalue weighted by Gasteiger charge is -2.35. The molecule has 1 unspecified atom stereocenters. The highest BCUT2D eigenvalue weighted by Crippen LogP contribution is 2.23. The lowest BCUT2D eigenvalue weighted by atomic mass is 9.93. The summed E-state index contributed by atoms with van der Waals surface area (Å²) in [5, 5.41) is 11.5. The highest BCUT2D eigenvalue weighted by molar-refractivity contribution is 6.01. The van der Waals surface area contributed by atoms with Gasteiger partial charge in [-0.3, -0.25) is 4.79 Å². The fourth-order valence-electron chi connectivity index (χ4n) is 2.45. The largest absolute Gasteiger partial charge is 0.409 e. The van der Waals surface area contributed by atoms with E-state index in [0.29, 0.717) is 12.6 Å². The van der Waals surface area contributed by atoms with Crippen molar-refractivity contribution in [3.8, 4) is 0 Å².